The molecule has 1 aromatic heterocycles. The van der Waals surface area contributed by atoms with E-state index in [-0.39, 0.29) is 29.8 Å². The Kier molecular flexibility index (Phi) is 7.63. The highest BCUT2D eigenvalue weighted by Crippen LogP contribution is 2.22. The third-order valence-electron chi connectivity index (χ3n) is 4.50. The normalized spacial score (nSPS) is 17.2. The summed E-state index contributed by atoms with van der Waals surface area (Å²) in [5.41, 5.74) is 1.20. The van der Waals surface area contributed by atoms with E-state index < -0.39 is 0 Å². The molecule has 2 heterocycles. The summed E-state index contributed by atoms with van der Waals surface area (Å²) in [6.07, 6.45) is 1.98. The first-order valence-corrected chi connectivity index (χ1v) is 8.28. The quantitative estimate of drug-likeness (QED) is 0.836. The second-order valence-corrected chi connectivity index (χ2v) is 7.25. The second-order valence-electron chi connectivity index (χ2n) is 7.25. The van der Waals surface area contributed by atoms with Crippen molar-refractivity contribution in [2.75, 3.05) is 26.7 Å². The number of halogens is 1. The smallest absolute Gasteiger partial charge is 0.273 e. The van der Waals surface area contributed by atoms with Crippen molar-refractivity contribution in [1.82, 2.24) is 25.6 Å². The Morgan fingerprint density at radius 2 is 2.04 bits per heavy atom. The summed E-state index contributed by atoms with van der Waals surface area (Å²) >= 11 is 0. The van der Waals surface area contributed by atoms with E-state index in [0.29, 0.717) is 18.3 Å². The van der Waals surface area contributed by atoms with Crippen LogP contribution >= 0.6 is 12.4 Å². The summed E-state index contributed by atoms with van der Waals surface area (Å²) in [7, 11) is 1.67. The van der Waals surface area contributed by atoms with E-state index in [9.17, 15) is 4.79 Å². The van der Waals surface area contributed by atoms with Gasteiger partial charge < -0.3 is 15.4 Å². The van der Waals surface area contributed by atoms with Crippen molar-refractivity contribution < 1.29 is 9.53 Å². The predicted molar refractivity (Wildman–Crippen MR) is 95.7 cm³/mol. The van der Waals surface area contributed by atoms with Crippen LogP contribution in [0.25, 0.3) is 0 Å². The van der Waals surface area contributed by atoms with Crippen molar-refractivity contribution in [2.24, 2.45) is 5.41 Å². The van der Waals surface area contributed by atoms with Crippen LogP contribution in [0.4, 0.5) is 0 Å². The molecule has 24 heavy (non-hydrogen) atoms. The zero-order valence-corrected chi connectivity index (χ0v) is 16.1. The summed E-state index contributed by atoms with van der Waals surface area (Å²) in [6.45, 7) is 10.6. The zero-order valence-electron chi connectivity index (χ0n) is 15.3. The third-order valence-corrected chi connectivity index (χ3v) is 4.50. The number of piperidine rings is 1. The average Bonchev–Trinajstić information content (AvgIpc) is 2.89. The average molecular weight is 360 g/mol. The molecule has 1 unspecified atom stereocenters. The van der Waals surface area contributed by atoms with Gasteiger partial charge in [0.1, 0.15) is 0 Å². The minimum absolute atomic E-state index is 0. The summed E-state index contributed by atoms with van der Waals surface area (Å²) in [5.74, 6) is -0.186. The molecular formula is C16H30ClN5O2. The molecule has 0 radical (unpaired) electrons. The number of rotatable bonds is 5. The summed E-state index contributed by atoms with van der Waals surface area (Å²) < 4.78 is 7.36. The van der Waals surface area contributed by atoms with Crippen LogP contribution in [0.15, 0.2) is 0 Å². The van der Waals surface area contributed by atoms with Crippen molar-refractivity contribution in [3.63, 3.8) is 0 Å². The molecule has 2 rings (SSSR count). The zero-order chi connectivity index (χ0) is 17.0. The summed E-state index contributed by atoms with van der Waals surface area (Å²) in [4.78, 5) is 12.4. The van der Waals surface area contributed by atoms with Gasteiger partial charge in [0, 0.05) is 13.7 Å². The fourth-order valence-corrected chi connectivity index (χ4v) is 2.96. The molecule has 138 valence electrons. The van der Waals surface area contributed by atoms with Gasteiger partial charge in [0.15, 0.2) is 5.69 Å². The van der Waals surface area contributed by atoms with Gasteiger partial charge >= 0.3 is 0 Å². The van der Waals surface area contributed by atoms with Gasteiger partial charge in [-0.3, -0.25) is 4.79 Å². The van der Waals surface area contributed by atoms with Crippen LogP contribution in [-0.4, -0.2) is 53.7 Å². The number of methoxy groups -OCH3 is 1. The maximum absolute atomic E-state index is 12.4. The summed E-state index contributed by atoms with van der Waals surface area (Å²) in [6, 6.07) is 0.326. The number of nitrogens with zero attached hydrogens (tertiary/aromatic N) is 3. The molecule has 0 aliphatic carbocycles. The molecule has 0 aromatic carbocycles. The first-order valence-electron chi connectivity index (χ1n) is 8.28. The van der Waals surface area contributed by atoms with Crippen molar-refractivity contribution in [1.29, 1.82) is 0 Å². The third kappa shape index (κ3) is 4.91. The minimum atomic E-state index is -0.186. The lowest BCUT2D eigenvalue weighted by Crippen LogP contribution is -2.40. The molecule has 1 aliphatic rings. The second kappa shape index (κ2) is 8.78. The van der Waals surface area contributed by atoms with Crippen molar-refractivity contribution in [3.05, 3.63) is 11.4 Å². The summed E-state index contributed by atoms with van der Waals surface area (Å²) in [5, 5.41) is 14.6. The van der Waals surface area contributed by atoms with E-state index >= 15 is 0 Å². The van der Waals surface area contributed by atoms with Gasteiger partial charge in [0.05, 0.1) is 17.8 Å². The van der Waals surface area contributed by atoms with E-state index in [4.69, 9.17) is 4.74 Å². The molecule has 1 amide bonds. The molecule has 2 N–H and O–H groups in total. The standard InChI is InChI=1S/C16H29N5O2.ClH/c1-11-14(15(22)18-10-13(23-5)16(2,3)4)19-20-21(11)12-6-8-17-9-7-12;/h12-13,17H,6-10H2,1-5H3,(H,18,22);1H. The largest absolute Gasteiger partial charge is 0.379 e. The lowest BCUT2D eigenvalue weighted by molar-refractivity contribution is 0.0175. The topological polar surface area (TPSA) is 81.1 Å². The van der Waals surface area contributed by atoms with Crippen LogP contribution in [0.1, 0.15) is 55.8 Å². The lowest BCUT2D eigenvalue weighted by atomic mass is 9.89. The van der Waals surface area contributed by atoms with Gasteiger partial charge in [-0.15, -0.1) is 17.5 Å². The predicted octanol–water partition coefficient (Wildman–Crippen LogP) is 1.72. The number of hydrogen-bond acceptors (Lipinski definition) is 5. The van der Waals surface area contributed by atoms with E-state index in [2.05, 4.69) is 41.7 Å². The number of ether oxygens (including phenoxy) is 1. The van der Waals surface area contributed by atoms with Gasteiger partial charge in [-0.05, 0) is 38.3 Å². The molecule has 7 nitrogen and oxygen atoms in total. The highest BCUT2D eigenvalue weighted by Gasteiger charge is 2.27. The Morgan fingerprint density at radius 1 is 1.42 bits per heavy atom. The van der Waals surface area contributed by atoms with E-state index in [0.717, 1.165) is 31.6 Å². The van der Waals surface area contributed by atoms with Crippen LogP contribution in [0.3, 0.4) is 0 Å². The van der Waals surface area contributed by atoms with E-state index in [1.165, 1.54) is 0 Å². The van der Waals surface area contributed by atoms with Crippen LogP contribution in [0.2, 0.25) is 0 Å². The van der Waals surface area contributed by atoms with Gasteiger partial charge in [-0.2, -0.15) is 0 Å². The van der Waals surface area contributed by atoms with Gasteiger partial charge in [0.2, 0.25) is 0 Å². The van der Waals surface area contributed by atoms with Crippen molar-refractivity contribution in [3.8, 4) is 0 Å². The Hall–Kier alpha value is -1.18. The number of aromatic nitrogens is 3. The minimum Gasteiger partial charge on any atom is -0.379 e. The highest BCUT2D eigenvalue weighted by atomic mass is 35.5. The molecule has 0 spiro atoms. The first-order chi connectivity index (χ1) is 10.8. The van der Waals surface area contributed by atoms with Gasteiger partial charge in [0.25, 0.3) is 5.91 Å². The maximum Gasteiger partial charge on any atom is 0.273 e. The molecule has 8 heteroatoms. The number of carbonyl (C=O) groups excluding carboxylic acids is 1. The molecule has 0 saturated carbocycles. The molecule has 1 aromatic rings. The Morgan fingerprint density at radius 3 is 2.58 bits per heavy atom. The maximum atomic E-state index is 12.4. The van der Waals surface area contributed by atoms with Gasteiger partial charge in [-0.25, -0.2) is 4.68 Å². The fourth-order valence-electron chi connectivity index (χ4n) is 2.96. The number of carbonyl (C=O) groups is 1. The molecule has 1 aliphatic heterocycles. The fraction of sp³-hybridized carbons (Fsp3) is 0.812. The Bertz CT molecular complexity index is 535. The molecule has 1 fully saturated rings. The molecular weight excluding hydrogens is 330 g/mol. The Labute approximate surface area is 150 Å². The van der Waals surface area contributed by atoms with Crippen LogP contribution in [0, 0.1) is 12.3 Å². The molecule has 1 saturated heterocycles. The number of amides is 1. The number of nitrogens with one attached hydrogen (secondary N) is 2. The van der Waals surface area contributed by atoms with E-state index in [1.807, 2.05) is 11.6 Å². The highest BCUT2D eigenvalue weighted by molar-refractivity contribution is 5.93. The van der Waals surface area contributed by atoms with Crippen LogP contribution in [-0.2, 0) is 4.74 Å². The van der Waals surface area contributed by atoms with E-state index in [1.54, 1.807) is 7.11 Å². The van der Waals surface area contributed by atoms with Crippen molar-refractivity contribution >= 4 is 18.3 Å². The monoisotopic (exact) mass is 359 g/mol. The first kappa shape index (κ1) is 20.9. The number of hydrogen-bond donors (Lipinski definition) is 2. The van der Waals surface area contributed by atoms with Crippen LogP contribution < -0.4 is 10.6 Å². The van der Waals surface area contributed by atoms with Crippen molar-refractivity contribution in [2.45, 2.75) is 52.7 Å². The Balaban J connectivity index is 0.00000288. The van der Waals surface area contributed by atoms with Gasteiger partial charge in [-0.1, -0.05) is 26.0 Å². The SMILES string of the molecule is COC(CNC(=O)c1nnn(C2CCNCC2)c1C)C(C)(C)C.Cl. The lowest BCUT2D eigenvalue weighted by Gasteiger charge is -2.29. The molecule has 1 atom stereocenters. The molecule has 0 bridgehead atoms. The van der Waals surface area contributed by atoms with Crippen LogP contribution in [0.5, 0.6) is 0 Å².